The molecule has 0 aliphatic carbocycles. The van der Waals surface area contributed by atoms with E-state index in [0.29, 0.717) is 25.7 Å². The summed E-state index contributed by atoms with van der Waals surface area (Å²) in [4.78, 5) is 4.40. The Labute approximate surface area is 129 Å². The molecule has 0 heterocycles. The van der Waals surface area contributed by atoms with Gasteiger partial charge in [0, 0.05) is 38.6 Å². The summed E-state index contributed by atoms with van der Waals surface area (Å²) in [7, 11) is -2.93. The van der Waals surface area contributed by atoms with Gasteiger partial charge in [0.2, 0.25) is 0 Å². The Balaban J connectivity index is 3.91. The highest BCUT2D eigenvalue weighted by atomic mass is 32.2. The topological polar surface area (TPSA) is 79.8 Å². The molecule has 0 rings (SSSR count). The van der Waals surface area contributed by atoms with Gasteiger partial charge >= 0.3 is 0 Å². The van der Waals surface area contributed by atoms with Gasteiger partial charge in [0.05, 0.1) is 5.75 Å². The zero-order chi connectivity index (χ0) is 16.0. The molecule has 0 aromatic carbocycles. The maximum Gasteiger partial charge on any atom is 0.191 e. The number of guanidine groups is 1. The van der Waals surface area contributed by atoms with E-state index in [-0.39, 0.29) is 11.5 Å². The van der Waals surface area contributed by atoms with Gasteiger partial charge < -0.3 is 15.4 Å². The standard InChI is InChI=1S/C14H31N3O3S/c1-4-7-11-20-12-8-9-16-14(15-5-2)17-10-13-21(18,19)6-3/h4-13H2,1-3H3,(H2,15,16,17). The molecule has 126 valence electrons. The molecule has 0 fully saturated rings. The van der Waals surface area contributed by atoms with Crippen molar-refractivity contribution in [1.82, 2.24) is 10.6 Å². The van der Waals surface area contributed by atoms with Gasteiger partial charge in [-0.05, 0) is 19.8 Å². The molecule has 0 amide bonds. The molecule has 0 spiro atoms. The van der Waals surface area contributed by atoms with E-state index in [2.05, 4.69) is 22.5 Å². The molecule has 6 nitrogen and oxygen atoms in total. The van der Waals surface area contributed by atoms with Crippen LogP contribution in [0.5, 0.6) is 0 Å². The molecule has 0 unspecified atom stereocenters. The van der Waals surface area contributed by atoms with Crippen molar-refractivity contribution < 1.29 is 13.2 Å². The molecular weight excluding hydrogens is 290 g/mol. The molecule has 21 heavy (non-hydrogen) atoms. The normalized spacial score (nSPS) is 12.4. The molecule has 0 atom stereocenters. The zero-order valence-electron chi connectivity index (χ0n) is 13.7. The quantitative estimate of drug-likeness (QED) is 0.321. The largest absolute Gasteiger partial charge is 0.381 e. The van der Waals surface area contributed by atoms with Crippen molar-refractivity contribution in [2.75, 3.05) is 44.4 Å². The number of aliphatic imine (C=N–C) groups is 1. The van der Waals surface area contributed by atoms with Crippen molar-refractivity contribution in [3.63, 3.8) is 0 Å². The number of unbranched alkanes of at least 4 members (excludes halogenated alkanes) is 1. The molecule has 0 bridgehead atoms. The predicted molar refractivity (Wildman–Crippen MR) is 88.7 cm³/mol. The maximum atomic E-state index is 11.4. The first-order valence-electron chi connectivity index (χ1n) is 7.86. The van der Waals surface area contributed by atoms with Gasteiger partial charge in [-0.3, -0.25) is 4.99 Å². The first-order valence-corrected chi connectivity index (χ1v) is 9.68. The maximum absolute atomic E-state index is 11.4. The van der Waals surface area contributed by atoms with Crippen molar-refractivity contribution in [2.24, 2.45) is 4.99 Å². The van der Waals surface area contributed by atoms with E-state index < -0.39 is 9.84 Å². The SMILES string of the molecule is CCCCOCCCN=C(NCC)NCCS(=O)(=O)CC. The van der Waals surface area contributed by atoms with Gasteiger partial charge in [-0.2, -0.15) is 0 Å². The minimum atomic E-state index is -2.93. The Morgan fingerprint density at radius 2 is 1.81 bits per heavy atom. The number of hydrogen-bond donors (Lipinski definition) is 2. The van der Waals surface area contributed by atoms with Crippen LogP contribution in [-0.4, -0.2) is 58.7 Å². The van der Waals surface area contributed by atoms with Crippen LogP contribution in [0.1, 0.15) is 40.0 Å². The number of ether oxygens (including phenoxy) is 1. The molecular formula is C14H31N3O3S. The summed E-state index contributed by atoms with van der Waals surface area (Å²) < 4.78 is 28.3. The fourth-order valence-electron chi connectivity index (χ4n) is 1.52. The van der Waals surface area contributed by atoms with Crippen molar-refractivity contribution in [3.05, 3.63) is 0 Å². The Morgan fingerprint density at radius 1 is 1.10 bits per heavy atom. The van der Waals surface area contributed by atoms with Crippen LogP contribution in [0, 0.1) is 0 Å². The lowest BCUT2D eigenvalue weighted by Gasteiger charge is -2.11. The van der Waals surface area contributed by atoms with Gasteiger partial charge in [0.25, 0.3) is 0 Å². The second kappa shape index (κ2) is 12.9. The van der Waals surface area contributed by atoms with Crippen molar-refractivity contribution in [3.8, 4) is 0 Å². The first kappa shape index (κ1) is 20.2. The lowest BCUT2D eigenvalue weighted by Crippen LogP contribution is -2.39. The van der Waals surface area contributed by atoms with Crippen molar-refractivity contribution in [2.45, 2.75) is 40.0 Å². The summed E-state index contributed by atoms with van der Waals surface area (Å²) in [6.07, 6.45) is 3.11. The Bertz CT molecular complexity index is 370. The fourth-order valence-corrected chi connectivity index (χ4v) is 2.22. The zero-order valence-corrected chi connectivity index (χ0v) is 14.5. The average Bonchev–Trinajstić information content (AvgIpc) is 2.46. The summed E-state index contributed by atoms with van der Waals surface area (Å²) in [5, 5.41) is 6.14. The van der Waals surface area contributed by atoms with E-state index in [4.69, 9.17) is 4.74 Å². The third kappa shape index (κ3) is 12.6. The van der Waals surface area contributed by atoms with Gasteiger partial charge in [0.1, 0.15) is 0 Å². The van der Waals surface area contributed by atoms with Crippen LogP contribution in [0.4, 0.5) is 0 Å². The first-order chi connectivity index (χ1) is 10.1. The number of sulfone groups is 1. The van der Waals surface area contributed by atoms with Crippen LogP contribution in [-0.2, 0) is 14.6 Å². The van der Waals surface area contributed by atoms with Gasteiger partial charge in [-0.15, -0.1) is 0 Å². The van der Waals surface area contributed by atoms with E-state index in [1.165, 1.54) is 0 Å². The second-order valence-electron chi connectivity index (χ2n) is 4.74. The Morgan fingerprint density at radius 3 is 2.43 bits per heavy atom. The van der Waals surface area contributed by atoms with Crippen molar-refractivity contribution in [1.29, 1.82) is 0 Å². The molecule has 2 N–H and O–H groups in total. The van der Waals surface area contributed by atoms with Crippen LogP contribution >= 0.6 is 0 Å². The number of hydrogen-bond acceptors (Lipinski definition) is 4. The molecule has 0 radical (unpaired) electrons. The van der Waals surface area contributed by atoms with Gasteiger partial charge in [-0.1, -0.05) is 20.3 Å². The van der Waals surface area contributed by atoms with Gasteiger partial charge in [0.15, 0.2) is 15.8 Å². The van der Waals surface area contributed by atoms with Crippen LogP contribution < -0.4 is 10.6 Å². The van der Waals surface area contributed by atoms with Crippen LogP contribution in [0.15, 0.2) is 4.99 Å². The molecule has 7 heteroatoms. The summed E-state index contributed by atoms with van der Waals surface area (Å²) in [6, 6.07) is 0. The highest BCUT2D eigenvalue weighted by Crippen LogP contribution is 1.91. The van der Waals surface area contributed by atoms with Crippen LogP contribution in [0.3, 0.4) is 0 Å². The predicted octanol–water partition coefficient (Wildman–Crippen LogP) is 1.18. The smallest absolute Gasteiger partial charge is 0.191 e. The Kier molecular flexibility index (Phi) is 12.4. The third-order valence-electron chi connectivity index (χ3n) is 2.85. The molecule has 0 aromatic heterocycles. The van der Waals surface area contributed by atoms with E-state index in [1.807, 2.05) is 6.92 Å². The van der Waals surface area contributed by atoms with Crippen LogP contribution in [0.25, 0.3) is 0 Å². The summed E-state index contributed by atoms with van der Waals surface area (Å²) in [6.45, 7) is 9.11. The second-order valence-corrected chi connectivity index (χ2v) is 7.22. The molecule has 0 aliphatic rings. The van der Waals surface area contributed by atoms with E-state index in [0.717, 1.165) is 32.4 Å². The van der Waals surface area contributed by atoms with E-state index >= 15 is 0 Å². The summed E-state index contributed by atoms with van der Waals surface area (Å²) in [5.41, 5.74) is 0. The average molecular weight is 321 g/mol. The number of nitrogens with one attached hydrogen (secondary N) is 2. The number of rotatable bonds is 12. The fraction of sp³-hybridized carbons (Fsp3) is 0.929. The highest BCUT2D eigenvalue weighted by Gasteiger charge is 2.07. The monoisotopic (exact) mass is 321 g/mol. The molecule has 0 saturated heterocycles. The summed E-state index contributed by atoms with van der Waals surface area (Å²) in [5.74, 6) is 0.975. The van der Waals surface area contributed by atoms with Crippen LogP contribution in [0.2, 0.25) is 0 Å². The Hall–Kier alpha value is -0.820. The lowest BCUT2D eigenvalue weighted by atomic mass is 10.4. The highest BCUT2D eigenvalue weighted by molar-refractivity contribution is 7.91. The molecule has 0 saturated carbocycles. The molecule has 0 aromatic rings. The number of nitrogens with zero attached hydrogens (tertiary/aromatic N) is 1. The summed E-state index contributed by atoms with van der Waals surface area (Å²) >= 11 is 0. The van der Waals surface area contributed by atoms with Gasteiger partial charge in [-0.25, -0.2) is 8.42 Å². The minimum Gasteiger partial charge on any atom is -0.381 e. The molecule has 0 aliphatic heterocycles. The van der Waals surface area contributed by atoms with E-state index in [9.17, 15) is 8.42 Å². The minimum absolute atomic E-state index is 0.133. The lowest BCUT2D eigenvalue weighted by molar-refractivity contribution is 0.130. The third-order valence-corrected chi connectivity index (χ3v) is 4.55. The van der Waals surface area contributed by atoms with Crippen molar-refractivity contribution >= 4 is 15.8 Å². The van der Waals surface area contributed by atoms with E-state index in [1.54, 1.807) is 6.92 Å².